The topological polar surface area (TPSA) is 86.0 Å². The molecule has 1 heterocycles. The molecule has 0 aliphatic heterocycles. The predicted octanol–water partition coefficient (Wildman–Crippen LogP) is 3.24. The Hall–Kier alpha value is -3.28. The number of aromatic hydroxyl groups is 1. The lowest BCUT2D eigenvalue weighted by Gasteiger charge is -2.10. The maximum atomic E-state index is 12.0. The molecular weight excluding hydrogens is 336 g/mol. The van der Waals surface area contributed by atoms with Gasteiger partial charge in [-0.3, -0.25) is 0 Å². The van der Waals surface area contributed by atoms with Crippen molar-refractivity contribution in [3.05, 3.63) is 69.6 Å². The zero-order chi connectivity index (χ0) is 18.7. The molecule has 6 heteroatoms. The van der Waals surface area contributed by atoms with Crippen LogP contribution in [0.3, 0.4) is 0 Å². The van der Waals surface area contributed by atoms with E-state index >= 15 is 0 Å². The first-order chi connectivity index (χ1) is 12.4. The quantitative estimate of drug-likeness (QED) is 0.559. The second-order valence-corrected chi connectivity index (χ2v) is 5.99. The van der Waals surface area contributed by atoms with Gasteiger partial charge in [-0.25, -0.2) is 9.59 Å². The van der Waals surface area contributed by atoms with Crippen LogP contribution in [0, 0.1) is 13.8 Å². The number of rotatable bonds is 5. The first-order valence-electron chi connectivity index (χ1n) is 8.04. The maximum absolute atomic E-state index is 12.0. The van der Waals surface area contributed by atoms with Gasteiger partial charge < -0.3 is 19.0 Å². The molecule has 0 amide bonds. The average Bonchev–Trinajstić information content (AvgIpc) is 2.58. The van der Waals surface area contributed by atoms with Gasteiger partial charge >= 0.3 is 11.6 Å². The van der Waals surface area contributed by atoms with Crippen molar-refractivity contribution in [1.82, 2.24) is 0 Å². The van der Waals surface area contributed by atoms with Gasteiger partial charge in [0.1, 0.15) is 23.7 Å². The summed E-state index contributed by atoms with van der Waals surface area (Å²) in [4.78, 5) is 23.6. The summed E-state index contributed by atoms with van der Waals surface area (Å²) in [5, 5.41) is 10.1. The van der Waals surface area contributed by atoms with Crippen molar-refractivity contribution in [3.63, 3.8) is 0 Å². The standard InChI is InChI=1S/C20H18O6/c1-12-3-6-17(13(2)7-12)24-11-20(23)25-10-14-8-19(22)26-18-9-15(21)4-5-16(14)18/h3-9,21H,10-11H2,1-2H3. The predicted molar refractivity (Wildman–Crippen MR) is 95.4 cm³/mol. The Labute approximate surface area is 149 Å². The Kier molecular flexibility index (Phi) is 4.93. The fraction of sp³-hybridized carbons (Fsp3) is 0.200. The molecule has 0 aliphatic rings. The molecular formula is C20H18O6. The number of aryl methyl sites for hydroxylation is 2. The van der Waals surface area contributed by atoms with E-state index in [9.17, 15) is 14.7 Å². The zero-order valence-electron chi connectivity index (χ0n) is 14.4. The number of hydrogen-bond acceptors (Lipinski definition) is 6. The third-order valence-electron chi connectivity index (χ3n) is 3.88. The molecule has 0 atom stereocenters. The van der Waals surface area contributed by atoms with Crippen LogP contribution >= 0.6 is 0 Å². The summed E-state index contributed by atoms with van der Waals surface area (Å²) in [6.45, 7) is 3.55. The Bertz CT molecular complexity index is 1020. The van der Waals surface area contributed by atoms with Crippen LogP contribution in [0.25, 0.3) is 11.0 Å². The molecule has 1 aromatic heterocycles. The molecule has 26 heavy (non-hydrogen) atoms. The van der Waals surface area contributed by atoms with Gasteiger partial charge in [-0.05, 0) is 37.6 Å². The summed E-state index contributed by atoms with van der Waals surface area (Å²) in [5.41, 5.74) is 2.19. The van der Waals surface area contributed by atoms with E-state index in [-0.39, 0.29) is 24.5 Å². The van der Waals surface area contributed by atoms with E-state index in [2.05, 4.69) is 0 Å². The highest BCUT2D eigenvalue weighted by Gasteiger charge is 2.11. The molecule has 3 rings (SSSR count). The highest BCUT2D eigenvalue weighted by Crippen LogP contribution is 2.22. The Morgan fingerprint density at radius 2 is 1.92 bits per heavy atom. The van der Waals surface area contributed by atoms with Crippen LogP contribution in [0.1, 0.15) is 16.7 Å². The van der Waals surface area contributed by atoms with Crippen LogP contribution in [0.5, 0.6) is 11.5 Å². The SMILES string of the molecule is Cc1ccc(OCC(=O)OCc2cc(=O)oc3cc(O)ccc23)c(C)c1. The molecule has 0 bridgehead atoms. The molecule has 0 radical (unpaired) electrons. The number of esters is 1. The molecule has 3 aromatic rings. The van der Waals surface area contributed by atoms with Crippen LogP contribution < -0.4 is 10.4 Å². The molecule has 0 fully saturated rings. The summed E-state index contributed by atoms with van der Waals surface area (Å²) in [5.74, 6) is 0.0515. The highest BCUT2D eigenvalue weighted by molar-refractivity contribution is 5.81. The Morgan fingerprint density at radius 3 is 2.69 bits per heavy atom. The van der Waals surface area contributed by atoms with Gasteiger partial charge in [0, 0.05) is 23.1 Å². The van der Waals surface area contributed by atoms with Gasteiger partial charge in [-0.15, -0.1) is 0 Å². The third kappa shape index (κ3) is 4.03. The lowest BCUT2D eigenvalue weighted by molar-refractivity contribution is -0.147. The lowest BCUT2D eigenvalue weighted by atomic mass is 10.1. The molecule has 6 nitrogen and oxygen atoms in total. The van der Waals surface area contributed by atoms with Gasteiger partial charge in [-0.2, -0.15) is 0 Å². The second-order valence-electron chi connectivity index (χ2n) is 5.99. The summed E-state index contributed by atoms with van der Waals surface area (Å²) in [6, 6.07) is 11.3. The number of ether oxygens (including phenoxy) is 2. The number of carbonyl (C=O) groups excluding carboxylic acids is 1. The monoisotopic (exact) mass is 354 g/mol. The minimum atomic E-state index is -0.583. The summed E-state index contributed by atoms with van der Waals surface area (Å²) < 4.78 is 15.7. The Morgan fingerprint density at radius 1 is 1.12 bits per heavy atom. The highest BCUT2D eigenvalue weighted by atomic mass is 16.6. The van der Waals surface area contributed by atoms with Crippen molar-refractivity contribution in [2.24, 2.45) is 0 Å². The van der Waals surface area contributed by atoms with E-state index in [4.69, 9.17) is 13.9 Å². The molecule has 134 valence electrons. The Balaban J connectivity index is 1.66. The van der Waals surface area contributed by atoms with Crippen LogP contribution in [0.15, 0.2) is 51.7 Å². The molecule has 0 aliphatic carbocycles. The number of fused-ring (bicyclic) bond motifs is 1. The van der Waals surface area contributed by atoms with E-state index in [1.807, 2.05) is 26.0 Å². The molecule has 0 spiro atoms. The number of phenols is 1. The van der Waals surface area contributed by atoms with E-state index in [0.717, 1.165) is 11.1 Å². The minimum absolute atomic E-state index is 0.0170. The molecule has 0 saturated heterocycles. The van der Waals surface area contributed by atoms with Crippen molar-refractivity contribution in [1.29, 1.82) is 0 Å². The van der Waals surface area contributed by atoms with Crippen molar-refractivity contribution < 1.29 is 23.8 Å². The summed E-state index contributed by atoms with van der Waals surface area (Å²) in [7, 11) is 0. The van der Waals surface area contributed by atoms with Gasteiger partial charge in [0.25, 0.3) is 0 Å². The number of carbonyl (C=O) groups is 1. The van der Waals surface area contributed by atoms with Crippen LogP contribution in [-0.4, -0.2) is 17.7 Å². The van der Waals surface area contributed by atoms with Crippen molar-refractivity contribution in [2.75, 3.05) is 6.61 Å². The van der Waals surface area contributed by atoms with E-state index in [0.29, 0.717) is 16.7 Å². The average molecular weight is 354 g/mol. The van der Waals surface area contributed by atoms with Gasteiger partial charge in [0.15, 0.2) is 6.61 Å². The first-order valence-corrected chi connectivity index (χ1v) is 8.04. The van der Waals surface area contributed by atoms with Crippen LogP contribution in [0.4, 0.5) is 0 Å². The smallest absolute Gasteiger partial charge is 0.344 e. The third-order valence-corrected chi connectivity index (χ3v) is 3.88. The second kappa shape index (κ2) is 7.31. The maximum Gasteiger partial charge on any atom is 0.344 e. The molecule has 0 saturated carbocycles. The van der Waals surface area contributed by atoms with Crippen molar-refractivity contribution in [3.8, 4) is 11.5 Å². The van der Waals surface area contributed by atoms with Gasteiger partial charge in [0.2, 0.25) is 0 Å². The van der Waals surface area contributed by atoms with Crippen LogP contribution in [-0.2, 0) is 16.1 Å². The molecule has 0 unspecified atom stereocenters. The summed E-state index contributed by atoms with van der Waals surface area (Å²) >= 11 is 0. The zero-order valence-corrected chi connectivity index (χ0v) is 14.4. The van der Waals surface area contributed by atoms with E-state index in [1.54, 1.807) is 12.1 Å². The number of phenolic OH excluding ortho intramolecular Hbond substituents is 1. The van der Waals surface area contributed by atoms with Crippen molar-refractivity contribution >= 4 is 16.9 Å². The molecule has 1 N–H and O–H groups in total. The fourth-order valence-electron chi connectivity index (χ4n) is 2.64. The summed E-state index contributed by atoms with van der Waals surface area (Å²) in [6.07, 6.45) is 0. The van der Waals surface area contributed by atoms with Crippen LogP contribution in [0.2, 0.25) is 0 Å². The largest absolute Gasteiger partial charge is 0.508 e. The van der Waals surface area contributed by atoms with E-state index in [1.165, 1.54) is 18.2 Å². The lowest BCUT2D eigenvalue weighted by Crippen LogP contribution is -2.15. The molecule has 2 aromatic carbocycles. The van der Waals surface area contributed by atoms with Gasteiger partial charge in [0.05, 0.1) is 0 Å². The normalized spacial score (nSPS) is 10.7. The van der Waals surface area contributed by atoms with Gasteiger partial charge in [-0.1, -0.05) is 17.7 Å². The minimum Gasteiger partial charge on any atom is -0.508 e. The van der Waals surface area contributed by atoms with E-state index < -0.39 is 11.6 Å². The number of benzene rings is 2. The number of hydrogen-bond donors (Lipinski definition) is 1. The first kappa shape index (κ1) is 17.5. The van der Waals surface area contributed by atoms with Crippen molar-refractivity contribution in [2.45, 2.75) is 20.5 Å². The fourth-order valence-corrected chi connectivity index (χ4v) is 2.64.